The van der Waals surface area contributed by atoms with E-state index < -0.39 is 0 Å². The molecule has 0 bridgehead atoms. The summed E-state index contributed by atoms with van der Waals surface area (Å²) in [6, 6.07) is 0.579. The van der Waals surface area contributed by atoms with Crippen LogP contribution >= 0.6 is 11.5 Å². The quantitative estimate of drug-likeness (QED) is 0.845. The molecule has 1 saturated carbocycles. The largest absolute Gasteiger partial charge is 0.358 e. The van der Waals surface area contributed by atoms with E-state index in [1.165, 1.54) is 43.6 Å². The molecule has 2 N–H and O–H groups in total. The SMILES string of the molecule is C1CNCCC(Nc2nc(C3CC3)ns2)C1. The Morgan fingerprint density at radius 2 is 2.12 bits per heavy atom. The van der Waals surface area contributed by atoms with Crippen molar-refractivity contribution in [1.29, 1.82) is 0 Å². The lowest BCUT2D eigenvalue weighted by atomic mass is 10.1. The van der Waals surface area contributed by atoms with Gasteiger partial charge in [-0.15, -0.1) is 0 Å². The van der Waals surface area contributed by atoms with Crippen molar-refractivity contribution < 1.29 is 0 Å². The molecule has 1 saturated heterocycles. The summed E-state index contributed by atoms with van der Waals surface area (Å²) in [7, 11) is 0. The van der Waals surface area contributed by atoms with Gasteiger partial charge in [-0.3, -0.25) is 0 Å². The van der Waals surface area contributed by atoms with Gasteiger partial charge in [-0.05, 0) is 45.2 Å². The highest BCUT2D eigenvalue weighted by Gasteiger charge is 2.28. The summed E-state index contributed by atoms with van der Waals surface area (Å²) < 4.78 is 4.42. The number of nitrogens with one attached hydrogen (secondary N) is 2. The molecule has 1 aromatic heterocycles. The van der Waals surface area contributed by atoms with Gasteiger partial charge < -0.3 is 10.6 Å². The number of hydrogen-bond donors (Lipinski definition) is 2. The first-order valence-electron chi connectivity index (χ1n) is 6.22. The molecule has 5 heteroatoms. The molecule has 1 aliphatic carbocycles. The molecule has 1 atom stereocenters. The van der Waals surface area contributed by atoms with E-state index in [0.717, 1.165) is 24.0 Å². The Kier molecular flexibility index (Phi) is 3.06. The van der Waals surface area contributed by atoms with Crippen LogP contribution in [-0.4, -0.2) is 28.5 Å². The van der Waals surface area contributed by atoms with Gasteiger partial charge in [0.2, 0.25) is 5.13 Å². The van der Waals surface area contributed by atoms with E-state index in [0.29, 0.717) is 12.0 Å². The third-order valence-corrected chi connectivity index (χ3v) is 3.95. The molecule has 2 fully saturated rings. The van der Waals surface area contributed by atoms with E-state index in [-0.39, 0.29) is 0 Å². The minimum absolute atomic E-state index is 0.579. The molecule has 0 spiro atoms. The van der Waals surface area contributed by atoms with Gasteiger partial charge in [0, 0.05) is 23.5 Å². The molecule has 0 amide bonds. The molecule has 2 heterocycles. The van der Waals surface area contributed by atoms with Crippen LogP contribution in [0.25, 0.3) is 0 Å². The zero-order valence-corrected chi connectivity index (χ0v) is 10.2. The molecule has 0 radical (unpaired) electrons. The van der Waals surface area contributed by atoms with Crippen molar-refractivity contribution in [2.24, 2.45) is 0 Å². The zero-order chi connectivity index (χ0) is 10.8. The second-order valence-corrected chi connectivity index (χ2v) is 5.51. The fourth-order valence-electron chi connectivity index (χ4n) is 2.14. The smallest absolute Gasteiger partial charge is 0.202 e. The van der Waals surface area contributed by atoms with E-state index in [4.69, 9.17) is 0 Å². The lowest BCUT2D eigenvalue weighted by molar-refractivity contribution is 0.636. The normalized spacial score (nSPS) is 26.4. The van der Waals surface area contributed by atoms with Gasteiger partial charge in [-0.25, -0.2) is 4.98 Å². The summed E-state index contributed by atoms with van der Waals surface area (Å²) in [5.74, 6) is 1.74. The van der Waals surface area contributed by atoms with E-state index in [2.05, 4.69) is 20.0 Å². The summed E-state index contributed by atoms with van der Waals surface area (Å²) in [6.07, 6.45) is 6.25. The minimum atomic E-state index is 0.579. The number of rotatable bonds is 3. The third kappa shape index (κ3) is 2.52. The van der Waals surface area contributed by atoms with Gasteiger partial charge in [-0.1, -0.05) is 0 Å². The molecule has 88 valence electrons. The van der Waals surface area contributed by atoms with Crippen molar-refractivity contribution in [2.45, 2.75) is 44.1 Å². The van der Waals surface area contributed by atoms with Crippen LogP contribution in [0.3, 0.4) is 0 Å². The van der Waals surface area contributed by atoms with Crippen molar-refractivity contribution in [2.75, 3.05) is 18.4 Å². The first-order chi connectivity index (χ1) is 7.92. The van der Waals surface area contributed by atoms with Gasteiger partial charge >= 0.3 is 0 Å². The predicted molar refractivity (Wildman–Crippen MR) is 66.0 cm³/mol. The Labute approximate surface area is 100 Å². The molecule has 1 aliphatic heterocycles. The maximum Gasteiger partial charge on any atom is 0.202 e. The van der Waals surface area contributed by atoms with Crippen molar-refractivity contribution in [3.05, 3.63) is 5.82 Å². The Morgan fingerprint density at radius 3 is 3.00 bits per heavy atom. The Bertz CT molecular complexity index is 340. The molecule has 2 aliphatic rings. The standard InChI is InChI=1S/C11H18N4S/c1-2-9(5-7-12-6-1)13-11-14-10(15-16-11)8-3-4-8/h8-9,12H,1-7H2,(H,13,14,15). The first-order valence-corrected chi connectivity index (χ1v) is 7.00. The lowest BCUT2D eigenvalue weighted by Crippen LogP contribution is -2.21. The fraction of sp³-hybridized carbons (Fsp3) is 0.818. The van der Waals surface area contributed by atoms with Gasteiger partial charge in [0.1, 0.15) is 5.82 Å². The van der Waals surface area contributed by atoms with Crippen LogP contribution in [0.2, 0.25) is 0 Å². The summed E-state index contributed by atoms with van der Waals surface area (Å²) in [6.45, 7) is 2.27. The van der Waals surface area contributed by atoms with Crippen LogP contribution in [0.1, 0.15) is 43.8 Å². The molecule has 4 nitrogen and oxygen atoms in total. The summed E-state index contributed by atoms with van der Waals surface area (Å²) in [4.78, 5) is 4.57. The maximum atomic E-state index is 4.57. The zero-order valence-electron chi connectivity index (χ0n) is 9.41. The average molecular weight is 238 g/mol. The number of hydrogen-bond acceptors (Lipinski definition) is 5. The number of aromatic nitrogens is 2. The van der Waals surface area contributed by atoms with Gasteiger partial charge in [0.05, 0.1) is 0 Å². The third-order valence-electron chi connectivity index (χ3n) is 3.29. The fourth-order valence-corrected chi connectivity index (χ4v) is 2.86. The molecular weight excluding hydrogens is 220 g/mol. The van der Waals surface area contributed by atoms with Crippen LogP contribution in [0, 0.1) is 0 Å². The summed E-state index contributed by atoms with van der Waals surface area (Å²) in [5.41, 5.74) is 0. The number of nitrogens with zero attached hydrogens (tertiary/aromatic N) is 2. The van der Waals surface area contributed by atoms with Crippen LogP contribution in [0.15, 0.2) is 0 Å². The van der Waals surface area contributed by atoms with Crippen molar-refractivity contribution in [3.63, 3.8) is 0 Å². The maximum absolute atomic E-state index is 4.57. The van der Waals surface area contributed by atoms with E-state index in [9.17, 15) is 0 Å². The van der Waals surface area contributed by atoms with Gasteiger partial charge in [-0.2, -0.15) is 4.37 Å². The first kappa shape index (κ1) is 10.5. The van der Waals surface area contributed by atoms with Crippen molar-refractivity contribution in [3.8, 4) is 0 Å². The Hall–Kier alpha value is -0.680. The van der Waals surface area contributed by atoms with Crippen LogP contribution in [0.5, 0.6) is 0 Å². The van der Waals surface area contributed by atoms with Crippen LogP contribution in [0.4, 0.5) is 5.13 Å². The Morgan fingerprint density at radius 1 is 1.19 bits per heavy atom. The molecule has 1 unspecified atom stereocenters. The highest BCUT2D eigenvalue weighted by atomic mass is 32.1. The molecule has 0 aromatic carbocycles. The molecule has 1 aromatic rings. The summed E-state index contributed by atoms with van der Waals surface area (Å²) >= 11 is 1.53. The van der Waals surface area contributed by atoms with E-state index >= 15 is 0 Å². The highest BCUT2D eigenvalue weighted by molar-refractivity contribution is 7.09. The average Bonchev–Trinajstić information content (AvgIpc) is 3.07. The van der Waals surface area contributed by atoms with Crippen LogP contribution < -0.4 is 10.6 Å². The second-order valence-electron chi connectivity index (χ2n) is 4.75. The van der Waals surface area contributed by atoms with Gasteiger partial charge in [0.25, 0.3) is 0 Å². The van der Waals surface area contributed by atoms with Crippen molar-refractivity contribution >= 4 is 16.7 Å². The number of anilines is 1. The van der Waals surface area contributed by atoms with Crippen LogP contribution in [-0.2, 0) is 0 Å². The van der Waals surface area contributed by atoms with E-state index in [1.54, 1.807) is 0 Å². The van der Waals surface area contributed by atoms with Gasteiger partial charge in [0.15, 0.2) is 0 Å². The Balaban J connectivity index is 1.58. The predicted octanol–water partition coefficient (Wildman–Crippen LogP) is 1.97. The molecular formula is C11H18N4S. The molecule has 16 heavy (non-hydrogen) atoms. The molecule has 3 rings (SSSR count). The minimum Gasteiger partial charge on any atom is -0.358 e. The van der Waals surface area contributed by atoms with E-state index in [1.807, 2.05) is 0 Å². The topological polar surface area (TPSA) is 49.8 Å². The second kappa shape index (κ2) is 4.67. The summed E-state index contributed by atoms with van der Waals surface area (Å²) in [5, 5.41) is 7.97. The highest BCUT2D eigenvalue weighted by Crippen LogP contribution is 2.39. The monoisotopic (exact) mass is 238 g/mol. The lowest BCUT2D eigenvalue weighted by Gasteiger charge is -2.13. The van der Waals surface area contributed by atoms with Crippen molar-refractivity contribution in [1.82, 2.24) is 14.7 Å².